The molecular formula is C22H22F2N2O2. The van der Waals surface area contributed by atoms with Crippen molar-refractivity contribution in [1.82, 2.24) is 9.80 Å². The van der Waals surface area contributed by atoms with E-state index in [4.69, 9.17) is 0 Å². The van der Waals surface area contributed by atoms with Crippen LogP contribution in [0, 0.1) is 17.6 Å². The van der Waals surface area contributed by atoms with E-state index in [9.17, 15) is 18.4 Å². The van der Waals surface area contributed by atoms with E-state index in [2.05, 4.69) is 0 Å². The zero-order valence-electron chi connectivity index (χ0n) is 15.5. The van der Waals surface area contributed by atoms with Crippen LogP contribution < -0.4 is 0 Å². The summed E-state index contributed by atoms with van der Waals surface area (Å²) < 4.78 is 27.9. The second-order valence-electron chi connectivity index (χ2n) is 7.42. The second kappa shape index (κ2) is 7.70. The summed E-state index contributed by atoms with van der Waals surface area (Å²) >= 11 is 0. The van der Waals surface area contributed by atoms with Crippen LogP contribution in [0.4, 0.5) is 8.78 Å². The highest BCUT2D eigenvalue weighted by atomic mass is 19.1. The minimum atomic E-state index is -0.532. The number of carbonyl (C=O) groups is 2. The van der Waals surface area contributed by atoms with Gasteiger partial charge in [-0.25, -0.2) is 8.78 Å². The summed E-state index contributed by atoms with van der Waals surface area (Å²) in [4.78, 5) is 28.8. The maximum absolute atomic E-state index is 14.0. The number of halogens is 2. The lowest BCUT2D eigenvalue weighted by Crippen LogP contribution is -2.38. The Morgan fingerprint density at radius 1 is 0.821 bits per heavy atom. The van der Waals surface area contributed by atoms with Gasteiger partial charge >= 0.3 is 0 Å². The lowest BCUT2D eigenvalue weighted by Gasteiger charge is -2.22. The Balaban J connectivity index is 1.38. The van der Waals surface area contributed by atoms with Crippen molar-refractivity contribution >= 4 is 11.8 Å². The van der Waals surface area contributed by atoms with Crippen LogP contribution in [0.2, 0.25) is 0 Å². The number of rotatable bonds is 3. The molecule has 1 saturated carbocycles. The van der Waals surface area contributed by atoms with Crippen LogP contribution in [-0.4, -0.2) is 47.8 Å². The first-order chi connectivity index (χ1) is 13.6. The third-order valence-electron chi connectivity index (χ3n) is 5.61. The molecule has 2 fully saturated rings. The van der Waals surface area contributed by atoms with Crippen LogP contribution in [0.1, 0.15) is 34.7 Å². The van der Waals surface area contributed by atoms with Crippen LogP contribution >= 0.6 is 0 Å². The van der Waals surface area contributed by atoms with E-state index in [0.29, 0.717) is 44.6 Å². The molecule has 4 nitrogen and oxygen atoms in total. The van der Waals surface area contributed by atoms with Gasteiger partial charge in [-0.2, -0.15) is 0 Å². The van der Waals surface area contributed by atoms with E-state index in [1.54, 1.807) is 40.1 Å². The number of benzene rings is 2. The number of hydrogen-bond donors (Lipinski definition) is 0. The summed E-state index contributed by atoms with van der Waals surface area (Å²) in [7, 11) is 0. The van der Waals surface area contributed by atoms with E-state index in [1.807, 2.05) is 0 Å². The fraction of sp³-hybridized carbons (Fsp3) is 0.364. The Hall–Kier alpha value is -2.76. The molecule has 0 spiro atoms. The van der Waals surface area contributed by atoms with Crippen LogP contribution in [0.3, 0.4) is 0 Å². The normalized spacial score (nSPS) is 21.9. The van der Waals surface area contributed by atoms with Crippen molar-refractivity contribution in [2.45, 2.75) is 18.8 Å². The molecule has 2 amide bonds. The first-order valence-corrected chi connectivity index (χ1v) is 9.63. The molecule has 6 heteroatoms. The average Bonchev–Trinajstić information content (AvgIpc) is 3.51. The maximum Gasteiger partial charge on any atom is 0.256 e. The third-order valence-corrected chi connectivity index (χ3v) is 5.61. The van der Waals surface area contributed by atoms with Gasteiger partial charge in [-0.3, -0.25) is 9.59 Å². The van der Waals surface area contributed by atoms with Gasteiger partial charge in [-0.05, 0) is 42.5 Å². The van der Waals surface area contributed by atoms with Gasteiger partial charge in [0.25, 0.3) is 5.91 Å². The molecule has 2 aromatic rings. The second-order valence-corrected chi connectivity index (χ2v) is 7.42. The summed E-state index contributed by atoms with van der Waals surface area (Å²) in [6.07, 6.45) is 1.30. The Morgan fingerprint density at radius 2 is 1.46 bits per heavy atom. The molecule has 0 radical (unpaired) electrons. The van der Waals surface area contributed by atoms with Crippen molar-refractivity contribution in [3.63, 3.8) is 0 Å². The number of hydrogen-bond acceptors (Lipinski definition) is 2. The van der Waals surface area contributed by atoms with Crippen LogP contribution in [0.15, 0.2) is 48.5 Å². The molecule has 1 aliphatic carbocycles. The SMILES string of the molecule is O=C(c1ccccc1F)N1CCCN(C(=O)C2CC2c2ccccc2F)CC1. The van der Waals surface area contributed by atoms with Crippen molar-refractivity contribution < 1.29 is 18.4 Å². The summed E-state index contributed by atoms with van der Waals surface area (Å²) in [5.41, 5.74) is 0.663. The molecule has 0 bridgehead atoms. The number of carbonyl (C=O) groups excluding carboxylic acids is 2. The first kappa shape index (κ1) is 18.6. The van der Waals surface area contributed by atoms with Crippen molar-refractivity contribution in [2.24, 2.45) is 5.92 Å². The molecule has 2 aliphatic rings. The first-order valence-electron chi connectivity index (χ1n) is 9.63. The molecule has 2 atom stereocenters. The topological polar surface area (TPSA) is 40.6 Å². The number of amides is 2. The largest absolute Gasteiger partial charge is 0.341 e. The minimum absolute atomic E-state index is 0.0217. The number of nitrogens with zero attached hydrogens (tertiary/aromatic N) is 2. The van der Waals surface area contributed by atoms with Crippen molar-refractivity contribution in [2.75, 3.05) is 26.2 Å². The molecule has 0 aromatic heterocycles. The van der Waals surface area contributed by atoms with E-state index in [1.165, 1.54) is 18.2 Å². The van der Waals surface area contributed by atoms with Gasteiger partial charge < -0.3 is 9.80 Å². The Kier molecular flexibility index (Phi) is 5.11. The van der Waals surface area contributed by atoms with Crippen LogP contribution in [0.25, 0.3) is 0 Å². The highest BCUT2D eigenvalue weighted by molar-refractivity contribution is 5.94. The minimum Gasteiger partial charge on any atom is -0.341 e. The zero-order valence-corrected chi connectivity index (χ0v) is 15.5. The molecule has 4 rings (SSSR count). The maximum atomic E-state index is 14.0. The van der Waals surface area contributed by atoms with Gasteiger partial charge in [-0.15, -0.1) is 0 Å². The lowest BCUT2D eigenvalue weighted by molar-refractivity contribution is -0.132. The van der Waals surface area contributed by atoms with Crippen LogP contribution in [0.5, 0.6) is 0 Å². The molecule has 146 valence electrons. The zero-order chi connectivity index (χ0) is 19.7. The quantitative estimate of drug-likeness (QED) is 0.813. The molecule has 1 heterocycles. The van der Waals surface area contributed by atoms with Gasteiger partial charge in [0.2, 0.25) is 5.91 Å². The Labute approximate surface area is 162 Å². The third kappa shape index (κ3) is 3.63. The van der Waals surface area contributed by atoms with Crippen LogP contribution in [-0.2, 0) is 4.79 Å². The summed E-state index contributed by atoms with van der Waals surface area (Å²) in [5.74, 6) is -1.37. The van der Waals surface area contributed by atoms with E-state index < -0.39 is 5.82 Å². The molecule has 2 unspecified atom stereocenters. The average molecular weight is 384 g/mol. The molecule has 28 heavy (non-hydrogen) atoms. The summed E-state index contributed by atoms with van der Waals surface area (Å²) in [6, 6.07) is 12.5. The van der Waals surface area contributed by atoms with Crippen molar-refractivity contribution in [3.05, 3.63) is 71.3 Å². The van der Waals surface area contributed by atoms with Gasteiger partial charge in [-0.1, -0.05) is 30.3 Å². The standard InChI is InChI=1S/C22H22F2N2O2/c23-19-8-3-1-6-15(19)17-14-18(17)22(28)26-11-5-10-25(12-13-26)21(27)16-7-2-4-9-20(16)24/h1-4,6-9,17-18H,5,10-14H2. The highest BCUT2D eigenvalue weighted by Crippen LogP contribution is 2.49. The van der Waals surface area contributed by atoms with E-state index >= 15 is 0 Å². The predicted octanol–water partition coefficient (Wildman–Crippen LogP) is 3.44. The molecule has 1 saturated heterocycles. The molecule has 1 aliphatic heterocycles. The van der Waals surface area contributed by atoms with Gasteiger partial charge in [0.05, 0.1) is 5.56 Å². The summed E-state index contributed by atoms with van der Waals surface area (Å²) in [5, 5.41) is 0. The monoisotopic (exact) mass is 384 g/mol. The van der Waals surface area contributed by atoms with Crippen molar-refractivity contribution in [3.8, 4) is 0 Å². The molecule has 0 N–H and O–H groups in total. The van der Waals surface area contributed by atoms with Gasteiger partial charge in [0.1, 0.15) is 11.6 Å². The van der Waals surface area contributed by atoms with Gasteiger partial charge in [0.15, 0.2) is 0 Å². The van der Waals surface area contributed by atoms with E-state index in [-0.39, 0.29) is 35.0 Å². The Morgan fingerprint density at radius 3 is 2.21 bits per heavy atom. The summed E-state index contributed by atoms with van der Waals surface area (Å²) in [6.45, 7) is 1.83. The Bertz CT molecular complexity index is 902. The van der Waals surface area contributed by atoms with Gasteiger partial charge in [0, 0.05) is 32.1 Å². The van der Waals surface area contributed by atoms with E-state index in [0.717, 1.165) is 0 Å². The molecular weight excluding hydrogens is 362 g/mol. The highest BCUT2D eigenvalue weighted by Gasteiger charge is 2.47. The molecule has 2 aromatic carbocycles. The fourth-order valence-corrected chi connectivity index (χ4v) is 3.97. The fourth-order valence-electron chi connectivity index (χ4n) is 3.97. The predicted molar refractivity (Wildman–Crippen MR) is 101 cm³/mol. The van der Waals surface area contributed by atoms with Crippen molar-refractivity contribution in [1.29, 1.82) is 0 Å². The smallest absolute Gasteiger partial charge is 0.256 e. The lowest BCUT2D eigenvalue weighted by atomic mass is 10.1.